The van der Waals surface area contributed by atoms with Crippen molar-refractivity contribution in [2.24, 2.45) is 5.73 Å². The maximum atomic E-state index is 5.29. The van der Waals surface area contributed by atoms with Crippen LogP contribution < -0.4 is 5.73 Å². The van der Waals surface area contributed by atoms with Gasteiger partial charge >= 0.3 is 0 Å². The molecule has 0 amide bonds. The molecule has 0 fully saturated rings. The molecule has 0 aromatic rings. The zero-order valence-corrected chi connectivity index (χ0v) is 6.47. The van der Waals surface area contributed by atoms with Crippen molar-refractivity contribution in [3.05, 3.63) is 24.3 Å². The second-order valence-corrected chi connectivity index (χ2v) is 2.04. The van der Waals surface area contributed by atoms with Gasteiger partial charge in [0.2, 0.25) is 0 Å². The lowest BCUT2D eigenvalue weighted by Crippen LogP contribution is -2.07. The fourth-order valence-corrected chi connectivity index (χ4v) is 0.426. The molecular formula is C8H15NO. The lowest BCUT2D eigenvalue weighted by Gasteiger charge is -2.00. The highest BCUT2D eigenvalue weighted by atomic mass is 16.5. The molecular weight excluding hydrogens is 126 g/mol. The van der Waals surface area contributed by atoms with E-state index in [1.54, 1.807) is 0 Å². The molecule has 0 saturated carbocycles. The summed E-state index contributed by atoms with van der Waals surface area (Å²) in [5.74, 6) is 0. The van der Waals surface area contributed by atoms with E-state index < -0.39 is 0 Å². The highest BCUT2D eigenvalue weighted by molar-refractivity contribution is 4.95. The first-order chi connectivity index (χ1) is 4.81. The van der Waals surface area contributed by atoms with E-state index >= 15 is 0 Å². The largest absolute Gasteiger partial charge is 0.373 e. The Balaban J connectivity index is 3.11. The molecule has 0 heterocycles. The van der Waals surface area contributed by atoms with E-state index in [2.05, 4.69) is 6.58 Å². The number of rotatable bonds is 5. The van der Waals surface area contributed by atoms with Gasteiger partial charge in [0.1, 0.15) is 0 Å². The molecule has 0 atom stereocenters. The average molecular weight is 141 g/mol. The zero-order chi connectivity index (χ0) is 7.82. The van der Waals surface area contributed by atoms with Crippen LogP contribution in [0, 0.1) is 0 Å². The fraction of sp³-hybridized carbons (Fsp3) is 0.500. The first-order valence-corrected chi connectivity index (χ1v) is 3.37. The number of allylic oxidation sites excluding steroid dienone is 1. The minimum absolute atomic E-state index is 0.510. The van der Waals surface area contributed by atoms with E-state index in [4.69, 9.17) is 10.5 Å². The summed E-state index contributed by atoms with van der Waals surface area (Å²) in [6.07, 6.45) is 3.90. The third-order valence-corrected chi connectivity index (χ3v) is 1.04. The monoisotopic (exact) mass is 141 g/mol. The van der Waals surface area contributed by atoms with Crippen LogP contribution in [0.4, 0.5) is 0 Å². The van der Waals surface area contributed by atoms with Crippen LogP contribution in [0.25, 0.3) is 0 Å². The SMILES string of the molecule is C=C(CN)COC/C=C/C. The Hall–Kier alpha value is -0.600. The van der Waals surface area contributed by atoms with E-state index in [1.165, 1.54) is 0 Å². The Morgan fingerprint density at radius 1 is 1.70 bits per heavy atom. The van der Waals surface area contributed by atoms with E-state index in [1.807, 2.05) is 19.1 Å². The van der Waals surface area contributed by atoms with Crippen LogP contribution in [-0.4, -0.2) is 19.8 Å². The van der Waals surface area contributed by atoms with Crippen LogP contribution in [0.3, 0.4) is 0 Å². The minimum Gasteiger partial charge on any atom is -0.373 e. The van der Waals surface area contributed by atoms with Crippen molar-refractivity contribution >= 4 is 0 Å². The normalized spacial score (nSPS) is 10.6. The Morgan fingerprint density at radius 2 is 2.40 bits per heavy atom. The minimum atomic E-state index is 0.510. The number of hydrogen-bond acceptors (Lipinski definition) is 2. The predicted molar refractivity (Wildman–Crippen MR) is 43.8 cm³/mol. The molecule has 10 heavy (non-hydrogen) atoms. The molecule has 0 aromatic heterocycles. The van der Waals surface area contributed by atoms with Crippen molar-refractivity contribution in [2.75, 3.05) is 19.8 Å². The van der Waals surface area contributed by atoms with Gasteiger partial charge in [-0.25, -0.2) is 0 Å². The number of hydrogen-bond donors (Lipinski definition) is 1. The number of nitrogens with two attached hydrogens (primary N) is 1. The van der Waals surface area contributed by atoms with Gasteiger partial charge < -0.3 is 10.5 Å². The van der Waals surface area contributed by atoms with Gasteiger partial charge in [0.25, 0.3) is 0 Å². The third kappa shape index (κ3) is 5.54. The molecule has 0 aliphatic carbocycles. The fourth-order valence-electron chi connectivity index (χ4n) is 0.426. The first-order valence-electron chi connectivity index (χ1n) is 3.37. The molecule has 0 saturated heterocycles. The van der Waals surface area contributed by atoms with Gasteiger partial charge in [-0.15, -0.1) is 0 Å². The van der Waals surface area contributed by atoms with E-state index in [0.717, 1.165) is 5.57 Å². The van der Waals surface area contributed by atoms with Crippen molar-refractivity contribution in [3.8, 4) is 0 Å². The molecule has 0 unspecified atom stereocenters. The third-order valence-electron chi connectivity index (χ3n) is 1.04. The number of ether oxygens (including phenoxy) is 1. The van der Waals surface area contributed by atoms with Crippen molar-refractivity contribution in [2.45, 2.75) is 6.92 Å². The molecule has 0 rings (SSSR count). The quantitative estimate of drug-likeness (QED) is 0.459. The topological polar surface area (TPSA) is 35.2 Å². The van der Waals surface area contributed by atoms with Gasteiger partial charge in [-0.2, -0.15) is 0 Å². The maximum absolute atomic E-state index is 5.29. The van der Waals surface area contributed by atoms with Crippen LogP contribution in [0.15, 0.2) is 24.3 Å². The molecule has 2 nitrogen and oxygen atoms in total. The van der Waals surface area contributed by atoms with Crippen LogP contribution >= 0.6 is 0 Å². The maximum Gasteiger partial charge on any atom is 0.0690 e. The lowest BCUT2D eigenvalue weighted by molar-refractivity contribution is 0.186. The standard InChI is InChI=1S/C8H15NO/c1-3-4-5-10-7-8(2)6-9/h3-4H,2,5-7,9H2,1H3/b4-3+. The summed E-state index contributed by atoms with van der Waals surface area (Å²) in [6, 6.07) is 0. The highest BCUT2D eigenvalue weighted by Gasteiger charge is 1.87. The summed E-state index contributed by atoms with van der Waals surface area (Å²) in [5, 5.41) is 0. The smallest absolute Gasteiger partial charge is 0.0690 e. The van der Waals surface area contributed by atoms with Crippen LogP contribution in [0.5, 0.6) is 0 Å². The lowest BCUT2D eigenvalue weighted by atomic mass is 10.3. The molecule has 0 aliphatic rings. The summed E-state index contributed by atoms with van der Waals surface area (Å²) < 4.78 is 5.16. The summed E-state index contributed by atoms with van der Waals surface area (Å²) >= 11 is 0. The van der Waals surface area contributed by atoms with E-state index in [-0.39, 0.29) is 0 Å². The van der Waals surface area contributed by atoms with Gasteiger partial charge in [-0.05, 0) is 12.5 Å². The molecule has 0 aliphatic heterocycles. The van der Waals surface area contributed by atoms with Gasteiger partial charge in [-0.3, -0.25) is 0 Å². The Kier molecular flexibility index (Phi) is 6.13. The second-order valence-electron chi connectivity index (χ2n) is 2.04. The molecule has 0 spiro atoms. The second kappa shape index (κ2) is 6.52. The molecule has 0 radical (unpaired) electrons. The van der Waals surface area contributed by atoms with Crippen LogP contribution in [-0.2, 0) is 4.74 Å². The Morgan fingerprint density at radius 3 is 2.90 bits per heavy atom. The zero-order valence-electron chi connectivity index (χ0n) is 6.47. The van der Waals surface area contributed by atoms with Crippen molar-refractivity contribution < 1.29 is 4.74 Å². The van der Waals surface area contributed by atoms with Gasteiger partial charge in [-0.1, -0.05) is 18.7 Å². The molecule has 2 N–H and O–H groups in total. The molecule has 2 heteroatoms. The van der Waals surface area contributed by atoms with Gasteiger partial charge in [0, 0.05) is 6.54 Å². The first kappa shape index (κ1) is 9.40. The Labute approximate surface area is 62.4 Å². The summed E-state index contributed by atoms with van der Waals surface area (Å²) in [4.78, 5) is 0. The van der Waals surface area contributed by atoms with Crippen molar-refractivity contribution in [1.82, 2.24) is 0 Å². The molecule has 0 bridgehead atoms. The highest BCUT2D eigenvalue weighted by Crippen LogP contribution is 1.87. The van der Waals surface area contributed by atoms with E-state index in [9.17, 15) is 0 Å². The van der Waals surface area contributed by atoms with Crippen LogP contribution in [0.1, 0.15) is 6.92 Å². The van der Waals surface area contributed by atoms with Gasteiger partial charge in [0.05, 0.1) is 13.2 Å². The van der Waals surface area contributed by atoms with Crippen molar-refractivity contribution in [3.63, 3.8) is 0 Å². The predicted octanol–water partition coefficient (Wildman–Crippen LogP) is 1.09. The van der Waals surface area contributed by atoms with Gasteiger partial charge in [0.15, 0.2) is 0 Å². The molecule has 0 aromatic carbocycles. The average Bonchev–Trinajstić information content (AvgIpc) is 1.98. The van der Waals surface area contributed by atoms with Crippen LogP contribution in [0.2, 0.25) is 0 Å². The summed E-state index contributed by atoms with van der Waals surface area (Å²) in [5.41, 5.74) is 6.22. The summed E-state index contributed by atoms with van der Waals surface area (Å²) in [6.45, 7) is 7.38. The van der Waals surface area contributed by atoms with Crippen molar-refractivity contribution in [1.29, 1.82) is 0 Å². The Bertz CT molecular complexity index is 118. The summed E-state index contributed by atoms with van der Waals surface area (Å²) in [7, 11) is 0. The van der Waals surface area contributed by atoms with E-state index in [0.29, 0.717) is 19.8 Å². The molecule has 58 valence electrons.